The Morgan fingerprint density at radius 1 is 0.900 bits per heavy atom. The molecule has 0 amide bonds. The minimum Gasteiger partial charge on any atom is -0.363 e. The zero-order chi connectivity index (χ0) is 27.1. The maximum Gasteiger partial charge on any atom is 0.135 e. The lowest BCUT2D eigenvalue weighted by Crippen LogP contribution is -2.67. The fourth-order valence-electron chi connectivity index (χ4n) is 7.90. The van der Waals surface area contributed by atoms with Crippen molar-refractivity contribution in [3.05, 3.63) is 128 Å². The molecule has 3 aliphatic heterocycles. The summed E-state index contributed by atoms with van der Waals surface area (Å²) in [5.41, 5.74) is 3.74. The molecule has 4 aromatic carbocycles. The highest BCUT2D eigenvalue weighted by Crippen LogP contribution is 2.50. The van der Waals surface area contributed by atoms with Crippen LogP contribution in [0.3, 0.4) is 0 Å². The van der Waals surface area contributed by atoms with Gasteiger partial charge in [0.05, 0.1) is 25.2 Å². The van der Waals surface area contributed by atoms with Crippen molar-refractivity contribution in [3.8, 4) is 0 Å². The normalized spacial score (nSPS) is 24.9. The van der Waals surface area contributed by atoms with Crippen LogP contribution in [0.25, 0.3) is 32.4 Å². The lowest BCUT2D eigenvalue weighted by atomic mass is 9.70. The molecule has 2 unspecified atom stereocenters. The molecule has 0 saturated carbocycles. The Bertz CT molecular complexity index is 1670. The predicted molar refractivity (Wildman–Crippen MR) is 166 cm³/mol. The van der Waals surface area contributed by atoms with Crippen molar-refractivity contribution in [3.63, 3.8) is 0 Å². The van der Waals surface area contributed by atoms with Gasteiger partial charge in [0, 0.05) is 35.9 Å². The number of pyridine rings is 1. The van der Waals surface area contributed by atoms with E-state index in [4.69, 9.17) is 4.74 Å². The monoisotopic (exact) mass is 525 g/mol. The number of ether oxygens (including phenoxy) is 1. The summed E-state index contributed by atoms with van der Waals surface area (Å²) in [7, 11) is 0. The number of fused-ring (bicyclic) bond motifs is 6. The lowest BCUT2D eigenvalue weighted by Gasteiger charge is -2.58. The van der Waals surface area contributed by atoms with Crippen LogP contribution in [-0.4, -0.2) is 35.2 Å². The molecular weight excluding hydrogens is 488 g/mol. The number of para-hydroxylation sites is 1. The summed E-state index contributed by atoms with van der Waals surface area (Å²) >= 11 is 0. The molecule has 40 heavy (non-hydrogen) atoms. The Labute approximate surface area is 237 Å². The number of rotatable bonds is 8. The fraction of sp³-hybridized carbons (Fsp3) is 0.270. The maximum atomic E-state index is 6.80. The van der Waals surface area contributed by atoms with Crippen LogP contribution in [0.5, 0.6) is 0 Å². The van der Waals surface area contributed by atoms with Crippen molar-refractivity contribution in [1.29, 1.82) is 0 Å². The average molecular weight is 526 g/mol. The quantitative estimate of drug-likeness (QED) is 0.115. The molecule has 0 aliphatic carbocycles. The molecule has 5 atom stereocenters. The maximum absolute atomic E-state index is 6.80. The zero-order valence-corrected chi connectivity index (χ0v) is 23.1. The zero-order valence-electron chi connectivity index (χ0n) is 23.1. The first-order valence-corrected chi connectivity index (χ1v) is 14.6. The number of benzene rings is 4. The van der Waals surface area contributed by atoms with Crippen molar-refractivity contribution in [2.45, 2.75) is 31.5 Å². The molecule has 2 bridgehead atoms. The third kappa shape index (κ3) is 4.16. The van der Waals surface area contributed by atoms with Crippen molar-refractivity contribution in [1.82, 2.24) is 4.98 Å². The molecule has 0 spiro atoms. The molecule has 0 N–H and O–H groups in total. The first-order chi connectivity index (χ1) is 19.7. The van der Waals surface area contributed by atoms with Crippen LogP contribution in [0.4, 0.5) is 0 Å². The Hall–Kier alpha value is -3.79. The topological polar surface area (TPSA) is 22.1 Å². The molecule has 200 valence electrons. The molecule has 3 nitrogen and oxygen atoms in total. The summed E-state index contributed by atoms with van der Waals surface area (Å²) in [4.78, 5) is 4.68. The number of hydrogen-bond acceptors (Lipinski definition) is 2. The molecule has 3 saturated heterocycles. The smallest absolute Gasteiger partial charge is 0.135 e. The van der Waals surface area contributed by atoms with Gasteiger partial charge in [-0.25, -0.2) is 0 Å². The lowest BCUT2D eigenvalue weighted by molar-refractivity contribution is -0.984. The summed E-state index contributed by atoms with van der Waals surface area (Å²) in [6.45, 7) is 12.1. The van der Waals surface area contributed by atoms with Crippen molar-refractivity contribution in [2.75, 3.05) is 19.7 Å². The standard InChI is InChI=1S/C37H37N2O/c1-3-21-40-37(33-17-19-38-35-16-10-9-15-32(33)35)36-23-27-18-20-39(36,24-26(27)4-2)25-34-30-13-7-5-11-28(30)22-29-12-6-8-14-31(29)34/h3-17,19,22,26-27,36-37H,1-2,18,20-21,23-25H2/q+1/t26?,27-,36-,37+,39?/m0/s1. The van der Waals surface area contributed by atoms with Crippen LogP contribution in [0.1, 0.15) is 30.1 Å². The third-order valence-electron chi connectivity index (χ3n) is 9.76. The highest BCUT2D eigenvalue weighted by Gasteiger charge is 2.54. The second kappa shape index (κ2) is 10.3. The van der Waals surface area contributed by atoms with Gasteiger partial charge in [0.1, 0.15) is 18.7 Å². The van der Waals surface area contributed by atoms with Crippen LogP contribution in [-0.2, 0) is 11.3 Å². The number of hydrogen-bond donors (Lipinski definition) is 0. The van der Waals surface area contributed by atoms with Gasteiger partial charge in [-0.05, 0) is 51.2 Å². The minimum atomic E-state index is -0.0410. The average Bonchev–Trinajstić information content (AvgIpc) is 3.01. The minimum absolute atomic E-state index is 0.0410. The summed E-state index contributed by atoms with van der Waals surface area (Å²) in [6, 6.07) is 31.2. The number of piperidine rings is 3. The largest absolute Gasteiger partial charge is 0.363 e. The predicted octanol–water partition coefficient (Wildman–Crippen LogP) is 8.40. The van der Waals surface area contributed by atoms with Gasteiger partial charge in [0.2, 0.25) is 0 Å². The SMILES string of the molecule is C=CCO[C@H](c1ccnc2ccccc12)[C@@H]1C[C@@H]2CC[N+]1(Cc1c3ccccc3cc3ccccc13)CC2C=C. The van der Waals surface area contributed by atoms with Gasteiger partial charge in [0.25, 0.3) is 0 Å². The van der Waals surface area contributed by atoms with E-state index in [1.165, 1.54) is 44.5 Å². The number of nitrogens with zero attached hydrogens (tertiary/aromatic N) is 2. The van der Waals surface area contributed by atoms with Gasteiger partial charge in [-0.3, -0.25) is 4.98 Å². The molecule has 8 rings (SSSR count). The van der Waals surface area contributed by atoms with E-state index >= 15 is 0 Å². The molecule has 4 heterocycles. The highest BCUT2D eigenvalue weighted by molar-refractivity contribution is 6.02. The Morgan fingerprint density at radius 3 is 2.33 bits per heavy atom. The van der Waals surface area contributed by atoms with Crippen LogP contribution in [0.2, 0.25) is 0 Å². The van der Waals surface area contributed by atoms with Crippen LogP contribution in [0, 0.1) is 11.8 Å². The molecule has 1 aromatic heterocycles. The van der Waals surface area contributed by atoms with Gasteiger partial charge in [0.15, 0.2) is 0 Å². The van der Waals surface area contributed by atoms with Gasteiger partial charge in [-0.15, -0.1) is 13.2 Å². The number of aromatic nitrogens is 1. The second-order valence-corrected chi connectivity index (χ2v) is 11.8. The first kappa shape index (κ1) is 25.2. The van der Waals surface area contributed by atoms with E-state index in [0.717, 1.165) is 36.1 Å². The Morgan fingerprint density at radius 2 is 1.60 bits per heavy atom. The summed E-state index contributed by atoms with van der Waals surface area (Å²) < 4.78 is 7.81. The molecule has 0 radical (unpaired) electrons. The molecule has 3 aliphatic rings. The van der Waals surface area contributed by atoms with E-state index in [-0.39, 0.29) is 6.10 Å². The summed E-state index contributed by atoms with van der Waals surface area (Å²) in [6.07, 6.45) is 8.41. The van der Waals surface area contributed by atoms with Crippen LogP contribution < -0.4 is 0 Å². The van der Waals surface area contributed by atoms with E-state index in [1.807, 2.05) is 12.3 Å². The molecular formula is C37H37N2O+. The summed E-state index contributed by atoms with van der Waals surface area (Å²) in [5, 5.41) is 6.56. The van der Waals surface area contributed by atoms with Crippen LogP contribution in [0.15, 0.2) is 116 Å². The summed E-state index contributed by atoms with van der Waals surface area (Å²) in [5.74, 6) is 1.18. The van der Waals surface area contributed by atoms with Crippen molar-refractivity contribution in [2.24, 2.45) is 11.8 Å². The van der Waals surface area contributed by atoms with E-state index < -0.39 is 0 Å². The second-order valence-electron chi connectivity index (χ2n) is 11.8. The fourth-order valence-corrected chi connectivity index (χ4v) is 7.90. The van der Waals surface area contributed by atoms with E-state index in [1.54, 1.807) is 0 Å². The van der Waals surface area contributed by atoms with E-state index in [0.29, 0.717) is 24.5 Å². The Balaban J connectivity index is 1.41. The highest BCUT2D eigenvalue weighted by atomic mass is 16.5. The van der Waals surface area contributed by atoms with Crippen molar-refractivity contribution < 1.29 is 9.22 Å². The molecule has 3 heteroatoms. The van der Waals surface area contributed by atoms with Gasteiger partial charge >= 0.3 is 0 Å². The van der Waals surface area contributed by atoms with Crippen molar-refractivity contribution >= 4 is 32.4 Å². The Kier molecular flexibility index (Phi) is 6.50. The van der Waals surface area contributed by atoms with E-state index in [9.17, 15) is 0 Å². The number of quaternary nitrogens is 1. The van der Waals surface area contributed by atoms with Gasteiger partial charge in [-0.2, -0.15) is 0 Å². The van der Waals surface area contributed by atoms with E-state index in [2.05, 4.69) is 109 Å². The van der Waals surface area contributed by atoms with Gasteiger partial charge < -0.3 is 9.22 Å². The first-order valence-electron chi connectivity index (χ1n) is 14.6. The molecule has 3 fully saturated rings. The van der Waals surface area contributed by atoms with Gasteiger partial charge in [-0.1, -0.05) is 78.9 Å². The third-order valence-corrected chi connectivity index (χ3v) is 9.76. The van der Waals surface area contributed by atoms with Crippen LogP contribution >= 0.6 is 0 Å². The molecule has 5 aromatic rings.